The number of ketones is 1. The van der Waals surface area contributed by atoms with E-state index in [0.717, 1.165) is 6.92 Å². The van der Waals surface area contributed by atoms with E-state index in [9.17, 15) is 24.3 Å². The van der Waals surface area contributed by atoms with Gasteiger partial charge >= 0.3 is 18.2 Å². The van der Waals surface area contributed by atoms with E-state index in [2.05, 4.69) is 0 Å². The number of carboxylic acids is 1. The molecular formula is C15H25NO7. The number of imide groups is 1. The van der Waals surface area contributed by atoms with Gasteiger partial charge in [-0.2, -0.15) is 4.90 Å². The summed E-state index contributed by atoms with van der Waals surface area (Å²) in [7, 11) is 0. The van der Waals surface area contributed by atoms with Gasteiger partial charge in [-0.15, -0.1) is 0 Å². The molecule has 0 aromatic rings. The van der Waals surface area contributed by atoms with Gasteiger partial charge in [-0.1, -0.05) is 0 Å². The van der Waals surface area contributed by atoms with Crippen LogP contribution < -0.4 is 0 Å². The quantitative estimate of drug-likeness (QED) is 0.843. The molecule has 0 aromatic heterocycles. The summed E-state index contributed by atoms with van der Waals surface area (Å²) in [5.41, 5.74) is -1.90. The lowest BCUT2D eigenvalue weighted by Gasteiger charge is -2.31. The summed E-state index contributed by atoms with van der Waals surface area (Å²) >= 11 is 0. The highest BCUT2D eigenvalue weighted by molar-refractivity contribution is 5.95. The van der Waals surface area contributed by atoms with Crippen molar-refractivity contribution in [2.75, 3.05) is 0 Å². The first-order valence-corrected chi connectivity index (χ1v) is 7.11. The Morgan fingerprint density at radius 2 is 1.26 bits per heavy atom. The first-order valence-electron chi connectivity index (χ1n) is 7.11. The minimum Gasteiger partial charge on any atom is -0.480 e. The van der Waals surface area contributed by atoms with Crippen LogP contribution in [0.4, 0.5) is 9.59 Å². The molecule has 0 saturated heterocycles. The number of nitrogens with zero attached hydrogens (tertiary/aromatic N) is 1. The van der Waals surface area contributed by atoms with Crippen LogP contribution in [0.5, 0.6) is 0 Å². The summed E-state index contributed by atoms with van der Waals surface area (Å²) < 4.78 is 10.1. The zero-order valence-corrected chi connectivity index (χ0v) is 14.6. The van der Waals surface area contributed by atoms with Gasteiger partial charge < -0.3 is 14.6 Å². The van der Waals surface area contributed by atoms with Gasteiger partial charge in [0.05, 0.1) is 0 Å². The highest BCUT2D eigenvalue weighted by atomic mass is 16.6. The van der Waals surface area contributed by atoms with Gasteiger partial charge in [0.2, 0.25) is 0 Å². The summed E-state index contributed by atoms with van der Waals surface area (Å²) in [6.07, 6.45) is -2.89. The molecule has 8 nitrogen and oxygen atoms in total. The molecule has 132 valence electrons. The van der Waals surface area contributed by atoms with Gasteiger partial charge in [0.15, 0.2) is 6.04 Å². The highest BCUT2D eigenvalue weighted by Crippen LogP contribution is 2.18. The molecule has 0 aliphatic carbocycles. The van der Waals surface area contributed by atoms with Crippen molar-refractivity contribution in [3.63, 3.8) is 0 Å². The van der Waals surface area contributed by atoms with E-state index in [0.29, 0.717) is 4.90 Å². The monoisotopic (exact) mass is 331 g/mol. The second-order valence-corrected chi connectivity index (χ2v) is 7.09. The fraction of sp³-hybridized carbons (Fsp3) is 0.733. The van der Waals surface area contributed by atoms with E-state index < -0.39 is 47.6 Å². The van der Waals surface area contributed by atoms with Crippen molar-refractivity contribution in [2.45, 2.75) is 72.1 Å². The Bertz CT molecular complexity index is 457. The lowest BCUT2D eigenvalue weighted by atomic mass is 10.1. The number of carbonyl (C=O) groups excluding carboxylic acids is 3. The van der Waals surface area contributed by atoms with Crippen LogP contribution in [-0.2, 0) is 19.1 Å². The molecule has 0 spiro atoms. The molecule has 2 amide bonds. The Labute approximate surface area is 135 Å². The molecule has 0 rings (SSSR count). The van der Waals surface area contributed by atoms with Crippen LogP contribution in [0.2, 0.25) is 0 Å². The van der Waals surface area contributed by atoms with E-state index in [4.69, 9.17) is 9.47 Å². The number of hydrogen-bond donors (Lipinski definition) is 1. The summed E-state index contributed by atoms with van der Waals surface area (Å²) in [6.45, 7) is 10.6. The molecule has 0 bridgehead atoms. The van der Waals surface area contributed by atoms with Crippen LogP contribution in [0.15, 0.2) is 0 Å². The van der Waals surface area contributed by atoms with Gasteiger partial charge in [0, 0.05) is 6.42 Å². The van der Waals surface area contributed by atoms with Crippen molar-refractivity contribution in [3.8, 4) is 0 Å². The maximum Gasteiger partial charge on any atom is 0.420 e. The number of carbonyl (C=O) groups is 4. The molecule has 0 fully saturated rings. The first-order chi connectivity index (χ1) is 10.1. The maximum atomic E-state index is 12.2. The number of Topliss-reactive ketones (excluding diaryl/α,β-unsaturated/α-hetero) is 1. The number of ether oxygens (including phenoxy) is 2. The van der Waals surface area contributed by atoms with E-state index in [1.165, 1.54) is 0 Å². The van der Waals surface area contributed by atoms with Gasteiger partial charge in [0.1, 0.15) is 17.0 Å². The normalized spacial score (nSPS) is 13.0. The Hall–Kier alpha value is -2.12. The molecule has 0 aliphatic rings. The standard InChI is InChI=1S/C15H25NO7/c1-9(17)8-10(11(18)19)16(12(20)22-14(2,3)4)13(21)23-15(5,6)7/h10H,8H2,1-7H3,(H,18,19)/t10-/m0/s1. The molecule has 8 heteroatoms. The average Bonchev–Trinajstić information content (AvgIpc) is 2.21. The van der Waals surface area contributed by atoms with E-state index in [1.807, 2.05) is 0 Å². The molecule has 1 atom stereocenters. The average molecular weight is 331 g/mol. The van der Waals surface area contributed by atoms with Crippen LogP contribution in [0.3, 0.4) is 0 Å². The third kappa shape index (κ3) is 8.18. The predicted octanol–water partition coefficient (Wildman–Crippen LogP) is 2.59. The molecule has 1 N–H and O–H groups in total. The molecule has 0 unspecified atom stereocenters. The van der Waals surface area contributed by atoms with E-state index >= 15 is 0 Å². The number of hydrogen-bond acceptors (Lipinski definition) is 6. The fourth-order valence-corrected chi connectivity index (χ4v) is 1.51. The summed E-state index contributed by atoms with van der Waals surface area (Å²) in [5.74, 6) is -1.99. The molecule has 23 heavy (non-hydrogen) atoms. The second-order valence-electron chi connectivity index (χ2n) is 7.09. The molecule has 0 radical (unpaired) electrons. The minimum atomic E-state index is -1.70. The Balaban J connectivity index is 5.67. The smallest absolute Gasteiger partial charge is 0.420 e. The maximum absolute atomic E-state index is 12.2. The summed E-state index contributed by atoms with van der Waals surface area (Å²) in [5, 5.41) is 9.28. The second kappa shape index (κ2) is 7.43. The fourth-order valence-electron chi connectivity index (χ4n) is 1.51. The topological polar surface area (TPSA) is 110 Å². The lowest BCUT2D eigenvalue weighted by molar-refractivity contribution is -0.144. The molecular weight excluding hydrogens is 306 g/mol. The Kier molecular flexibility index (Phi) is 6.75. The van der Waals surface area contributed by atoms with Crippen molar-refractivity contribution in [2.24, 2.45) is 0 Å². The van der Waals surface area contributed by atoms with E-state index in [-0.39, 0.29) is 0 Å². The van der Waals surface area contributed by atoms with Crippen molar-refractivity contribution < 1.29 is 33.8 Å². The molecule has 0 aliphatic heterocycles. The van der Waals surface area contributed by atoms with E-state index in [1.54, 1.807) is 41.5 Å². The van der Waals surface area contributed by atoms with Crippen molar-refractivity contribution in [1.82, 2.24) is 4.90 Å². The molecule has 0 heterocycles. The van der Waals surface area contributed by atoms with Crippen LogP contribution in [0, 0.1) is 0 Å². The largest absolute Gasteiger partial charge is 0.480 e. The zero-order valence-electron chi connectivity index (χ0n) is 14.6. The van der Waals surface area contributed by atoms with Crippen LogP contribution in [-0.4, -0.2) is 51.2 Å². The number of amides is 2. The third-order valence-corrected chi connectivity index (χ3v) is 2.26. The number of rotatable bonds is 4. The van der Waals surface area contributed by atoms with Gasteiger partial charge in [-0.3, -0.25) is 4.79 Å². The zero-order chi connectivity index (χ0) is 18.6. The van der Waals surface area contributed by atoms with Crippen LogP contribution >= 0.6 is 0 Å². The summed E-state index contributed by atoms with van der Waals surface area (Å²) in [4.78, 5) is 47.5. The molecule has 0 aromatic carbocycles. The summed E-state index contributed by atoms with van der Waals surface area (Å²) in [6, 6.07) is -1.70. The van der Waals surface area contributed by atoms with Gasteiger partial charge in [0.25, 0.3) is 0 Å². The third-order valence-electron chi connectivity index (χ3n) is 2.26. The predicted molar refractivity (Wildman–Crippen MR) is 81.0 cm³/mol. The number of aliphatic carboxylic acids is 1. The van der Waals surface area contributed by atoms with Gasteiger partial charge in [-0.05, 0) is 48.5 Å². The van der Waals surface area contributed by atoms with Crippen LogP contribution in [0.1, 0.15) is 54.9 Å². The van der Waals surface area contributed by atoms with Crippen molar-refractivity contribution in [1.29, 1.82) is 0 Å². The molecule has 0 saturated carbocycles. The Morgan fingerprint density at radius 1 is 0.913 bits per heavy atom. The Morgan fingerprint density at radius 3 is 1.48 bits per heavy atom. The number of carboxylic acid groups (broad SMARTS) is 1. The van der Waals surface area contributed by atoms with Gasteiger partial charge in [-0.25, -0.2) is 14.4 Å². The lowest BCUT2D eigenvalue weighted by Crippen LogP contribution is -2.52. The SMILES string of the molecule is CC(=O)C[C@@H](C(=O)O)N(C(=O)OC(C)(C)C)C(=O)OC(C)(C)C. The van der Waals surface area contributed by atoms with Crippen LogP contribution in [0.25, 0.3) is 0 Å². The highest BCUT2D eigenvalue weighted by Gasteiger charge is 2.40. The van der Waals surface area contributed by atoms with Crippen molar-refractivity contribution in [3.05, 3.63) is 0 Å². The minimum absolute atomic E-state index is 0.334. The first kappa shape index (κ1) is 20.9. The van der Waals surface area contributed by atoms with Crippen molar-refractivity contribution >= 4 is 23.9 Å².